The molecule has 1 aromatic carbocycles. The zero-order valence-corrected chi connectivity index (χ0v) is 11.6. The first-order valence-corrected chi connectivity index (χ1v) is 7.48. The minimum absolute atomic E-state index is 0.106. The number of hydrogen-bond donors (Lipinski definition) is 2. The van der Waals surface area contributed by atoms with Crippen LogP contribution in [-0.2, 0) is 4.79 Å². The van der Waals surface area contributed by atoms with Crippen molar-refractivity contribution in [1.29, 1.82) is 0 Å². The number of carbonyl (C=O) groups excluding carboxylic acids is 1. The molecule has 1 saturated carbocycles. The molecule has 18 heavy (non-hydrogen) atoms. The third-order valence-corrected chi connectivity index (χ3v) is 4.36. The lowest BCUT2D eigenvalue weighted by molar-refractivity contribution is -0.118. The summed E-state index contributed by atoms with van der Waals surface area (Å²) in [6.45, 7) is 0.517. The standard InChI is InChI=1S/C13H17ClN2OS/c14-10-3-1-9(2-4-10)12(7-15)18-8-13(17)16-11-5-6-11/h1-4,11-12H,5-8,15H2,(H,16,17). The Kier molecular flexibility index (Phi) is 4.92. The van der Waals surface area contributed by atoms with Gasteiger partial charge in [-0.25, -0.2) is 0 Å². The van der Waals surface area contributed by atoms with Crippen LogP contribution in [0.5, 0.6) is 0 Å². The molecule has 3 N–H and O–H groups in total. The molecular formula is C13H17ClN2OS. The van der Waals surface area contributed by atoms with Gasteiger partial charge in [0.25, 0.3) is 0 Å². The van der Waals surface area contributed by atoms with Gasteiger partial charge in [0.15, 0.2) is 0 Å². The number of nitrogens with one attached hydrogen (secondary N) is 1. The molecule has 0 bridgehead atoms. The van der Waals surface area contributed by atoms with Crippen LogP contribution < -0.4 is 11.1 Å². The summed E-state index contributed by atoms with van der Waals surface area (Å²) in [5.74, 6) is 0.566. The Morgan fingerprint density at radius 3 is 2.67 bits per heavy atom. The molecule has 5 heteroatoms. The van der Waals surface area contributed by atoms with E-state index in [2.05, 4.69) is 5.32 Å². The molecule has 0 aromatic heterocycles. The molecule has 98 valence electrons. The van der Waals surface area contributed by atoms with E-state index in [4.69, 9.17) is 17.3 Å². The number of benzene rings is 1. The van der Waals surface area contributed by atoms with Gasteiger partial charge >= 0.3 is 0 Å². The van der Waals surface area contributed by atoms with Crippen molar-refractivity contribution >= 4 is 29.3 Å². The van der Waals surface area contributed by atoms with Gasteiger partial charge in [-0.15, -0.1) is 11.8 Å². The first-order chi connectivity index (χ1) is 8.69. The van der Waals surface area contributed by atoms with E-state index in [0.29, 0.717) is 23.4 Å². The number of rotatable bonds is 6. The molecule has 0 spiro atoms. The summed E-state index contributed by atoms with van der Waals surface area (Å²) in [7, 11) is 0. The average molecular weight is 285 g/mol. The van der Waals surface area contributed by atoms with Gasteiger partial charge in [0, 0.05) is 22.9 Å². The van der Waals surface area contributed by atoms with Crippen molar-refractivity contribution in [2.75, 3.05) is 12.3 Å². The zero-order valence-electron chi connectivity index (χ0n) is 10.1. The summed E-state index contributed by atoms with van der Waals surface area (Å²) < 4.78 is 0. The van der Waals surface area contributed by atoms with Crippen LogP contribution in [0.1, 0.15) is 23.7 Å². The highest BCUT2D eigenvalue weighted by Crippen LogP contribution is 2.28. The molecule has 0 saturated heterocycles. The van der Waals surface area contributed by atoms with Crippen molar-refractivity contribution in [2.24, 2.45) is 5.73 Å². The lowest BCUT2D eigenvalue weighted by atomic mass is 10.1. The SMILES string of the molecule is NCC(SCC(=O)NC1CC1)c1ccc(Cl)cc1. The molecule has 1 atom stereocenters. The van der Waals surface area contributed by atoms with Crippen molar-refractivity contribution in [1.82, 2.24) is 5.32 Å². The predicted molar refractivity (Wildman–Crippen MR) is 76.9 cm³/mol. The fourth-order valence-corrected chi connectivity index (χ4v) is 2.70. The Labute approximate surface area is 116 Å². The number of hydrogen-bond acceptors (Lipinski definition) is 3. The maximum atomic E-state index is 11.6. The van der Waals surface area contributed by atoms with Crippen LogP contribution in [-0.4, -0.2) is 24.2 Å². The number of nitrogens with two attached hydrogens (primary N) is 1. The number of amides is 1. The van der Waals surface area contributed by atoms with Crippen molar-refractivity contribution in [2.45, 2.75) is 24.1 Å². The number of carbonyl (C=O) groups is 1. The summed E-state index contributed by atoms with van der Waals surface area (Å²) in [5.41, 5.74) is 6.87. The Balaban J connectivity index is 1.84. The monoisotopic (exact) mass is 284 g/mol. The fourth-order valence-electron chi connectivity index (χ4n) is 1.65. The van der Waals surface area contributed by atoms with E-state index in [9.17, 15) is 4.79 Å². The molecule has 1 aliphatic carbocycles. The molecule has 1 aliphatic rings. The van der Waals surface area contributed by atoms with E-state index in [1.165, 1.54) is 0 Å². The van der Waals surface area contributed by atoms with E-state index in [-0.39, 0.29) is 11.2 Å². The summed E-state index contributed by atoms with van der Waals surface area (Å²) in [6.07, 6.45) is 2.24. The molecule has 0 radical (unpaired) electrons. The van der Waals surface area contributed by atoms with Crippen LogP contribution in [0.15, 0.2) is 24.3 Å². The molecule has 1 aromatic rings. The van der Waals surface area contributed by atoms with Crippen LogP contribution in [0, 0.1) is 0 Å². The molecule has 0 heterocycles. The van der Waals surface area contributed by atoms with Gasteiger partial charge in [0.1, 0.15) is 0 Å². The van der Waals surface area contributed by atoms with Crippen LogP contribution in [0.2, 0.25) is 5.02 Å². The maximum absolute atomic E-state index is 11.6. The number of thioether (sulfide) groups is 1. The molecule has 3 nitrogen and oxygen atoms in total. The van der Waals surface area contributed by atoms with Gasteiger partial charge in [0.2, 0.25) is 5.91 Å². The zero-order chi connectivity index (χ0) is 13.0. The van der Waals surface area contributed by atoms with E-state index < -0.39 is 0 Å². The number of halogens is 1. The third-order valence-electron chi connectivity index (χ3n) is 2.81. The van der Waals surface area contributed by atoms with Crippen molar-refractivity contribution in [3.63, 3.8) is 0 Å². The third kappa shape index (κ3) is 4.19. The van der Waals surface area contributed by atoms with E-state index in [0.717, 1.165) is 18.4 Å². The topological polar surface area (TPSA) is 55.1 Å². The van der Waals surface area contributed by atoms with Crippen LogP contribution in [0.25, 0.3) is 0 Å². The van der Waals surface area contributed by atoms with Gasteiger partial charge in [-0.2, -0.15) is 0 Å². The maximum Gasteiger partial charge on any atom is 0.230 e. The summed E-state index contributed by atoms with van der Waals surface area (Å²) in [5, 5.41) is 3.83. The van der Waals surface area contributed by atoms with E-state index in [1.807, 2.05) is 24.3 Å². The first-order valence-electron chi connectivity index (χ1n) is 6.05. The Morgan fingerprint density at radius 1 is 1.44 bits per heavy atom. The Morgan fingerprint density at radius 2 is 2.11 bits per heavy atom. The highest BCUT2D eigenvalue weighted by atomic mass is 35.5. The normalized spacial score (nSPS) is 16.3. The molecule has 1 unspecified atom stereocenters. The predicted octanol–water partition coefficient (Wildman–Crippen LogP) is 2.35. The molecule has 2 rings (SSSR count). The van der Waals surface area contributed by atoms with Crippen LogP contribution >= 0.6 is 23.4 Å². The summed E-state index contributed by atoms with van der Waals surface area (Å²) >= 11 is 7.43. The lowest BCUT2D eigenvalue weighted by Gasteiger charge is -2.14. The average Bonchev–Trinajstić information content (AvgIpc) is 3.16. The van der Waals surface area contributed by atoms with Crippen molar-refractivity contribution in [3.8, 4) is 0 Å². The Bertz CT molecular complexity index is 406. The van der Waals surface area contributed by atoms with E-state index in [1.54, 1.807) is 11.8 Å². The smallest absolute Gasteiger partial charge is 0.230 e. The van der Waals surface area contributed by atoms with Gasteiger partial charge < -0.3 is 11.1 Å². The van der Waals surface area contributed by atoms with Gasteiger partial charge in [-0.3, -0.25) is 4.79 Å². The first kappa shape index (κ1) is 13.7. The van der Waals surface area contributed by atoms with Gasteiger partial charge in [-0.1, -0.05) is 23.7 Å². The van der Waals surface area contributed by atoms with Gasteiger partial charge in [0.05, 0.1) is 5.75 Å². The largest absolute Gasteiger partial charge is 0.353 e. The summed E-state index contributed by atoms with van der Waals surface area (Å²) in [4.78, 5) is 11.6. The minimum Gasteiger partial charge on any atom is -0.353 e. The second-order valence-corrected chi connectivity index (χ2v) is 6.06. The second kappa shape index (κ2) is 6.45. The fraction of sp³-hybridized carbons (Fsp3) is 0.462. The van der Waals surface area contributed by atoms with Crippen molar-refractivity contribution in [3.05, 3.63) is 34.9 Å². The molecular weight excluding hydrogens is 268 g/mol. The van der Waals surface area contributed by atoms with Gasteiger partial charge in [-0.05, 0) is 30.5 Å². The quantitative estimate of drug-likeness (QED) is 0.843. The highest BCUT2D eigenvalue weighted by molar-refractivity contribution is 8.00. The minimum atomic E-state index is 0.106. The van der Waals surface area contributed by atoms with E-state index >= 15 is 0 Å². The molecule has 0 aliphatic heterocycles. The molecule has 1 fully saturated rings. The summed E-state index contributed by atoms with van der Waals surface area (Å²) in [6, 6.07) is 8.05. The van der Waals surface area contributed by atoms with Crippen LogP contribution in [0.4, 0.5) is 0 Å². The second-order valence-electron chi connectivity index (χ2n) is 4.43. The lowest BCUT2D eigenvalue weighted by Crippen LogP contribution is -2.27. The van der Waals surface area contributed by atoms with Crippen molar-refractivity contribution < 1.29 is 4.79 Å². The van der Waals surface area contributed by atoms with Crippen LogP contribution in [0.3, 0.4) is 0 Å². The highest BCUT2D eigenvalue weighted by Gasteiger charge is 2.23. The molecule has 1 amide bonds. The Hall–Kier alpha value is -0.710.